The maximum absolute atomic E-state index is 10.8. The van der Waals surface area contributed by atoms with Crippen molar-refractivity contribution >= 4 is 28.5 Å². The molecule has 2 rings (SSSR count). The van der Waals surface area contributed by atoms with Crippen LogP contribution in [0.1, 0.15) is 21.5 Å². The van der Waals surface area contributed by atoms with Crippen molar-refractivity contribution in [3.05, 3.63) is 40.0 Å². The normalized spacial score (nSPS) is 10.7. The number of benzene rings is 1. The molecule has 0 saturated heterocycles. The van der Waals surface area contributed by atoms with Gasteiger partial charge in [0.1, 0.15) is 5.15 Å². The van der Waals surface area contributed by atoms with Gasteiger partial charge in [-0.05, 0) is 31.0 Å². The van der Waals surface area contributed by atoms with Gasteiger partial charge in [0, 0.05) is 10.9 Å². The van der Waals surface area contributed by atoms with E-state index in [4.69, 9.17) is 11.6 Å². The zero-order valence-corrected chi connectivity index (χ0v) is 9.63. The second kappa shape index (κ2) is 3.76. The standard InChI is InChI=1S/C12H10ClNO2/c1-6-3-4-8-5-9(12(15)16)11(13)14-10(8)7(6)2/h3-5H,1-2H3,(H,15,16)/p-1. The second-order valence-corrected chi connectivity index (χ2v) is 4.05. The lowest BCUT2D eigenvalue weighted by atomic mass is 10.0. The largest absolute Gasteiger partial charge is 0.545 e. The summed E-state index contributed by atoms with van der Waals surface area (Å²) in [7, 11) is 0. The first-order chi connectivity index (χ1) is 7.50. The number of pyridine rings is 1. The lowest BCUT2D eigenvalue weighted by Gasteiger charge is -2.09. The summed E-state index contributed by atoms with van der Waals surface area (Å²) in [5, 5.41) is 11.5. The molecule has 82 valence electrons. The molecule has 0 aliphatic heterocycles. The van der Waals surface area contributed by atoms with Crippen molar-refractivity contribution in [3.63, 3.8) is 0 Å². The summed E-state index contributed by atoms with van der Waals surface area (Å²) >= 11 is 5.79. The number of halogens is 1. The summed E-state index contributed by atoms with van der Waals surface area (Å²) in [6.45, 7) is 3.90. The van der Waals surface area contributed by atoms with Crippen LogP contribution in [0.25, 0.3) is 10.9 Å². The van der Waals surface area contributed by atoms with Crippen LogP contribution in [0.2, 0.25) is 5.15 Å². The van der Waals surface area contributed by atoms with Crippen molar-refractivity contribution in [2.45, 2.75) is 13.8 Å². The average Bonchev–Trinajstić information content (AvgIpc) is 2.23. The fraction of sp³-hybridized carbons (Fsp3) is 0.167. The van der Waals surface area contributed by atoms with Crippen molar-refractivity contribution in [1.29, 1.82) is 0 Å². The number of aromatic carboxylic acids is 1. The highest BCUT2D eigenvalue weighted by Crippen LogP contribution is 2.24. The first-order valence-corrected chi connectivity index (χ1v) is 5.16. The molecule has 0 atom stereocenters. The van der Waals surface area contributed by atoms with Gasteiger partial charge >= 0.3 is 0 Å². The maximum atomic E-state index is 10.8. The molecule has 0 spiro atoms. The number of carboxylic acid groups (broad SMARTS) is 1. The van der Waals surface area contributed by atoms with Crippen LogP contribution in [0.15, 0.2) is 18.2 Å². The molecular formula is C12H9ClNO2-. The Labute approximate surface area is 97.7 Å². The van der Waals surface area contributed by atoms with Crippen LogP contribution in [-0.4, -0.2) is 11.0 Å². The molecule has 2 aromatic rings. The number of rotatable bonds is 1. The van der Waals surface area contributed by atoms with E-state index in [1.807, 2.05) is 26.0 Å². The van der Waals surface area contributed by atoms with Gasteiger partial charge in [-0.25, -0.2) is 4.98 Å². The molecule has 4 heteroatoms. The minimum atomic E-state index is -1.31. The Morgan fingerprint density at radius 1 is 1.38 bits per heavy atom. The summed E-state index contributed by atoms with van der Waals surface area (Å²) in [4.78, 5) is 14.9. The number of hydrogen-bond acceptors (Lipinski definition) is 3. The van der Waals surface area contributed by atoms with E-state index in [-0.39, 0.29) is 10.7 Å². The van der Waals surface area contributed by atoms with Crippen LogP contribution in [0.4, 0.5) is 0 Å². The number of nitrogens with zero attached hydrogens (tertiary/aromatic N) is 1. The van der Waals surface area contributed by atoms with Gasteiger partial charge in [-0.1, -0.05) is 23.7 Å². The monoisotopic (exact) mass is 234 g/mol. The van der Waals surface area contributed by atoms with Crippen LogP contribution < -0.4 is 5.11 Å². The van der Waals surface area contributed by atoms with Gasteiger partial charge < -0.3 is 9.90 Å². The van der Waals surface area contributed by atoms with Crippen LogP contribution in [-0.2, 0) is 0 Å². The molecule has 0 N–H and O–H groups in total. The summed E-state index contributed by atoms with van der Waals surface area (Å²) in [5.41, 5.74) is 2.76. The highest BCUT2D eigenvalue weighted by molar-refractivity contribution is 6.32. The topological polar surface area (TPSA) is 53.0 Å². The third-order valence-electron chi connectivity index (χ3n) is 2.69. The Morgan fingerprint density at radius 2 is 2.06 bits per heavy atom. The van der Waals surface area contributed by atoms with E-state index in [1.54, 1.807) is 0 Å². The molecule has 0 amide bonds. The number of carbonyl (C=O) groups is 1. The van der Waals surface area contributed by atoms with Crippen molar-refractivity contribution in [3.8, 4) is 0 Å². The zero-order valence-electron chi connectivity index (χ0n) is 8.87. The number of hydrogen-bond donors (Lipinski definition) is 0. The van der Waals surface area contributed by atoms with E-state index in [2.05, 4.69) is 4.98 Å². The van der Waals surface area contributed by atoms with Gasteiger partial charge in [-0.3, -0.25) is 0 Å². The fourth-order valence-corrected chi connectivity index (χ4v) is 1.82. The third-order valence-corrected chi connectivity index (χ3v) is 2.97. The quantitative estimate of drug-likeness (QED) is 0.708. The van der Waals surface area contributed by atoms with E-state index in [0.717, 1.165) is 22.0 Å². The maximum Gasteiger partial charge on any atom is 0.138 e. The molecular weight excluding hydrogens is 226 g/mol. The first-order valence-electron chi connectivity index (χ1n) is 4.78. The summed E-state index contributed by atoms with van der Waals surface area (Å²) in [6.07, 6.45) is 0. The molecule has 0 aliphatic rings. The molecule has 0 radical (unpaired) electrons. The van der Waals surface area contributed by atoms with Gasteiger partial charge in [0.2, 0.25) is 0 Å². The Bertz CT molecular complexity index is 593. The molecule has 16 heavy (non-hydrogen) atoms. The molecule has 3 nitrogen and oxygen atoms in total. The zero-order chi connectivity index (χ0) is 11.9. The van der Waals surface area contributed by atoms with Gasteiger partial charge in [0.15, 0.2) is 0 Å². The predicted octanol–water partition coefficient (Wildman–Crippen LogP) is 1.87. The predicted molar refractivity (Wildman–Crippen MR) is 60.6 cm³/mol. The Morgan fingerprint density at radius 3 is 2.69 bits per heavy atom. The summed E-state index contributed by atoms with van der Waals surface area (Å²) in [5.74, 6) is -1.31. The van der Waals surface area contributed by atoms with Crippen LogP contribution >= 0.6 is 11.6 Å². The number of carbonyl (C=O) groups excluding carboxylic acids is 1. The van der Waals surface area contributed by atoms with E-state index in [1.165, 1.54) is 6.07 Å². The second-order valence-electron chi connectivity index (χ2n) is 3.69. The number of aromatic nitrogens is 1. The Balaban J connectivity index is 2.84. The molecule has 1 aromatic carbocycles. The average molecular weight is 235 g/mol. The van der Waals surface area contributed by atoms with E-state index >= 15 is 0 Å². The first kappa shape index (κ1) is 10.9. The van der Waals surface area contributed by atoms with Gasteiger partial charge in [-0.15, -0.1) is 0 Å². The van der Waals surface area contributed by atoms with Crippen molar-refractivity contribution in [1.82, 2.24) is 4.98 Å². The van der Waals surface area contributed by atoms with Crippen molar-refractivity contribution in [2.75, 3.05) is 0 Å². The minimum absolute atomic E-state index is 0.0267. The summed E-state index contributed by atoms with van der Waals surface area (Å²) < 4.78 is 0. The molecule has 1 heterocycles. The molecule has 0 fully saturated rings. The van der Waals surface area contributed by atoms with E-state index in [9.17, 15) is 9.90 Å². The van der Waals surface area contributed by atoms with E-state index < -0.39 is 5.97 Å². The number of aryl methyl sites for hydroxylation is 2. The highest BCUT2D eigenvalue weighted by Gasteiger charge is 2.08. The van der Waals surface area contributed by atoms with Crippen LogP contribution in [0.3, 0.4) is 0 Å². The van der Waals surface area contributed by atoms with Gasteiger partial charge in [0.25, 0.3) is 0 Å². The van der Waals surface area contributed by atoms with Gasteiger partial charge in [-0.2, -0.15) is 0 Å². The number of carboxylic acids is 1. The van der Waals surface area contributed by atoms with E-state index in [0.29, 0.717) is 0 Å². The lowest BCUT2D eigenvalue weighted by Crippen LogP contribution is -2.23. The molecule has 0 unspecified atom stereocenters. The van der Waals surface area contributed by atoms with Gasteiger partial charge in [0.05, 0.1) is 11.5 Å². The molecule has 1 aromatic heterocycles. The minimum Gasteiger partial charge on any atom is -0.545 e. The smallest absolute Gasteiger partial charge is 0.138 e. The third kappa shape index (κ3) is 1.63. The lowest BCUT2D eigenvalue weighted by molar-refractivity contribution is -0.255. The SMILES string of the molecule is Cc1ccc2cc(C(=O)[O-])c(Cl)nc2c1C. The Hall–Kier alpha value is -1.61. The molecule has 0 aliphatic carbocycles. The Kier molecular flexibility index (Phi) is 2.56. The molecule has 0 saturated carbocycles. The highest BCUT2D eigenvalue weighted by atomic mass is 35.5. The number of fused-ring (bicyclic) bond motifs is 1. The fourth-order valence-electron chi connectivity index (χ4n) is 1.60. The van der Waals surface area contributed by atoms with Crippen LogP contribution in [0.5, 0.6) is 0 Å². The van der Waals surface area contributed by atoms with Crippen molar-refractivity contribution in [2.24, 2.45) is 0 Å². The van der Waals surface area contributed by atoms with Crippen molar-refractivity contribution < 1.29 is 9.90 Å². The van der Waals surface area contributed by atoms with Crippen LogP contribution in [0, 0.1) is 13.8 Å². The summed E-state index contributed by atoms with van der Waals surface area (Å²) in [6, 6.07) is 5.24. The molecule has 0 bridgehead atoms.